The number of anilines is 4. The van der Waals surface area contributed by atoms with Crippen molar-refractivity contribution in [2.24, 2.45) is 0 Å². The van der Waals surface area contributed by atoms with Gasteiger partial charge in [0.25, 0.3) is 0 Å². The van der Waals surface area contributed by atoms with Crippen molar-refractivity contribution in [3.8, 4) is 23.0 Å². The predicted octanol–water partition coefficient (Wildman–Crippen LogP) is 15.8. The molecule has 0 aliphatic carbocycles. The number of pyridine rings is 2. The van der Waals surface area contributed by atoms with Crippen LogP contribution in [0.15, 0.2) is 103 Å². The Morgan fingerprint density at radius 1 is 0.567 bits per heavy atom. The van der Waals surface area contributed by atoms with Gasteiger partial charge in [-0.25, -0.2) is 18.7 Å². The molecule has 10 nitrogen and oxygen atoms in total. The maximum atomic E-state index is 14.3. The Hall–Kier alpha value is -3.52. The van der Waals surface area contributed by atoms with Crippen LogP contribution < -0.4 is 28.9 Å². The molecule has 0 N–H and O–H groups in total. The maximum Gasteiger partial charge on any atom is 0.658 e. The van der Waals surface area contributed by atoms with Gasteiger partial charge in [0.05, 0.1) is 32.2 Å². The molecule has 0 atom stereocenters. The van der Waals surface area contributed by atoms with Gasteiger partial charge in [-0.15, -0.1) is 26.3 Å². The van der Waals surface area contributed by atoms with Gasteiger partial charge in [0.1, 0.15) is 34.5 Å². The molecule has 6 aromatic rings. The molecule has 0 bridgehead atoms. The minimum atomic E-state index is -5.40. The van der Waals surface area contributed by atoms with Crippen LogP contribution in [0.5, 0.6) is 23.0 Å². The SMILES string of the molecule is Fc1ccc(Cl)c(CCON(c2ccccn2)c2c(Br)c(Br)cc(O[B]Oc3cc(Br)c(Br)c(N(OCCc4c(Cl)ccc(F)c4Cl)c4ccccn4)c3OC(F)(F)F)c2OC(F)(F)F)c1Cl. The molecular formula is C40H22BBr4Cl4F8N4O6. The molecule has 0 spiro atoms. The van der Waals surface area contributed by atoms with E-state index >= 15 is 0 Å². The fourth-order valence-electron chi connectivity index (χ4n) is 5.75. The molecule has 2 aromatic heterocycles. The number of halogens is 16. The minimum Gasteiger partial charge on any atom is -0.524 e. The second-order valence-corrected chi connectivity index (χ2v) is 17.8. The minimum absolute atomic E-state index is 0.0277. The summed E-state index contributed by atoms with van der Waals surface area (Å²) in [6.45, 7) is -0.771. The van der Waals surface area contributed by atoms with E-state index in [-0.39, 0.29) is 86.8 Å². The largest absolute Gasteiger partial charge is 0.658 e. The van der Waals surface area contributed by atoms with Crippen molar-refractivity contribution in [3.63, 3.8) is 0 Å². The Morgan fingerprint density at radius 2 is 0.955 bits per heavy atom. The first-order valence-electron chi connectivity index (χ1n) is 18.3. The second-order valence-electron chi connectivity index (χ2n) is 12.9. The first kappa shape index (κ1) is 52.8. The maximum absolute atomic E-state index is 14.3. The van der Waals surface area contributed by atoms with Crippen LogP contribution in [0, 0.1) is 11.6 Å². The van der Waals surface area contributed by atoms with Crippen molar-refractivity contribution in [1.29, 1.82) is 0 Å². The summed E-state index contributed by atoms with van der Waals surface area (Å²) in [6.07, 6.45) is -8.51. The van der Waals surface area contributed by atoms with E-state index in [1.807, 2.05) is 0 Å². The van der Waals surface area contributed by atoms with Crippen LogP contribution in [-0.2, 0) is 22.5 Å². The smallest absolute Gasteiger partial charge is 0.524 e. The van der Waals surface area contributed by atoms with Gasteiger partial charge in [-0.3, -0.25) is 9.68 Å². The van der Waals surface area contributed by atoms with Crippen molar-refractivity contribution >= 4 is 141 Å². The summed E-state index contributed by atoms with van der Waals surface area (Å²) >= 11 is 37.8. The lowest BCUT2D eigenvalue weighted by molar-refractivity contribution is -0.275. The van der Waals surface area contributed by atoms with Crippen molar-refractivity contribution in [3.05, 3.63) is 146 Å². The number of hydrogen-bond donors (Lipinski definition) is 0. The average molecular weight is 1280 g/mol. The number of alkyl halides is 6. The standard InChI is InChI=1S/C40H22BBr4Cl4F8N4O6/c42-21-17-27(37(64-39(52,53)54)35(31(21)44)60(29-5-1-3-13-58-29)62-15-11-19-23(46)7-9-25(50)33(19)48)66-41-67-28-18-22(43)32(45)36(38(28)65-40(55,56)57)61(30-6-2-4-14-59-30)63-16-12-20-24(47)8-10-26(51)34(20)49/h1-10,13-14,17-18H,11-12,15-16H2. The highest BCUT2D eigenvalue weighted by Crippen LogP contribution is 2.53. The van der Waals surface area contributed by atoms with Crippen LogP contribution in [0.25, 0.3) is 0 Å². The zero-order chi connectivity index (χ0) is 48.8. The first-order chi connectivity index (χ1) is 31.6. The molecule has 0 fully saturated rings. The molecule has 0 saturated heterocycles. The van der Waals surface area contributed by atoms with E-state index in [9.17, 15) is 35.1 Å². The fraction of sp³-hybridized carbons (Fsp3) is 0.150. The van der Waals surface area contributed by atoms with Crippen LogP contribution in [0.4, 0.5) is 58.1 Å². The summed E-state index contributed by atoms with van der Waals surface area (Å²) in [5, 5.41) is 1.24. The quantitative estimate of drug-likeness (QED) is 0.0359. The topological polar surface area (TPSA) is 87.6 Å². The number of aromatic nitrogens is 2. The molecule has 353 valence electrons. The van der Waals surface area contributed by atoms with Crippen LogP contribution in [0.2, 0.25) is 20.1 Å². The van der Waals surface area contributed by atoms with Gasteiger partial charge in [0.2, 0.25) is 0 Å². The van der Waals surface area contributed by atoms with Gasteiger partial charge in [0, 0.05) is 44.2 Å². The van der Waals surface area contributed by atoms with Crippen molar-refractivity contribution in [2.45, 2.75) is 25.6 Å². The van der Waals surface area contributed by atoms with Gasteiger partial charge < -0.3 is 18.8 Å². The lowest BCUT2D eigenvalue weighted by Crippen LogP contribution is -2.26. The van der Waals surface area contributed by atoms with E-state index in [0.29, 0.717) is 7.69 Å². The molecule has 6 rings (SSSR count). The van der Waals surface area contributed by atoms with Gasteiger partial charge in [-0.1, -0.05) is 58.5 Å². The van der Waals surface area contributed by atoms with Gasteiger partial charge in [-0.2, -0.15) is 10.1 Å². The zero-order valence-electron chi connectivity index (χ0n) is 32.8. The molecule has 0 saturated carbocycles. The third-order valence-corrected chi connectivity index (χ3v) is 14.0. The van der Waals surface area contributed by atoms with Gasteiger partial charge in [-0.05, 0) is 136 Å². The van der Waals surface area contributed by atoms with Gasteiger partial charge >= 0.3 is 20.4 Å². The first-order valence-corrected chi connectivity index (χ1v) is 23.0. The third kappa shape index (κ3) is 13.4. The highest BCUT2D eigenvalue weighted by molar-refractivity contribution is 9.13. The summed E-state index contributed by atoms with van der Waals surface area (Å²) in [4.78, 5) is 20.3. The Morgan fingerprint density at radius 3 is 1.30 bits per heavy atom. The molecule has 0 unspecified atom stereocenters. The van der Waals surface area contributed by atoms with Crippen LogP contribution in [0.3, 0.4) is 0 Å². The highest BCUT2D eigenvalue weighted by atomic mass is 79.9. The van der Waals surface area contributed by atoms with Crippen molar-refractivity contribution < 1.29 is 63.6 Å². The number of ether oxygens (including phenoxy) is 2. The summed E-state index contributed by atoms with van der Waals surface area (Å²) in [6, 6.07) is 15.4. The molecule has 27 heteroatoms. The van der Waals surface area contributed by atoms with Crippen LogP contribution in [0.1, 0.15) is 11.1 Å². The van der Waals surface area contributed by atoms with E-state index in [1.165, 1.54) is 60.9 Å². The predicted molar refractivity (Wildman–Crippen MR) is 249 cm³/mol. The molecule has 4 aromatic carbocycles. The molecule has 2 heterocycles. The highest BCUT2D eigenvalue weighted by Gasteiger charge is 2.39. The van der Waals surface area contributed by atoms with E-state index < -0.39 is 58.7 Å². The monoisotopic (exact) mass is 1270 g/mol. The van der Waals surface area contributed by atoms with Crippen LogP contribution in [-0.4, -0.2) is 43.6 Å². The van der Waals surface area contributed by atoms with E-state index in [0.717, 1.165) is 34.4 Å². The molecule has 1 radical (unpaired) electrons. The molecule has 0 aliphatic heterocycles. The lowest BCUT2D eigenvalue weighted by atomic mass is 10.1. The third-order valence-electron chi connectivity index (χ3n) is 8.56. The Balaban J connectivity index is 1.39. The van der Waals surface area contributed by atoms with Crippen LogP contribution >= 0.6 is 110 Å². The van der Waals surface area contributed by atoms with Crippen molar-refractivity contribution in [1.82, 2.24) is 9.97 Å². The zero-order valence-corrected chi connectivity index (χ0v) is 42.1. The Bertz CT molecular complexity index is 2550. The Labute approximate surface area is 429 Å². The normalized spacial score (nSPS) is 11.6. The van der Waals surface area contributed by atoms with E-state index in [2.05, 4.69) is 83.2 Å². The fourth-order valence-corrected chi connectivity index (χ4v) is 8.58. The summed E-state index contributed by atoms with van der Waals surface area (Å²) < 4.78 is 134. The van der Waals surface area contributed by atoms with Gasteiger partial charge in [0.15, 0.2) is 23.1 Å². The van der Waals surface area contributed by atoms with E-state index in [1.54, 1.807) is 0 Å². The second kappa shape index (κ2) is 22.9. The summed E-state index contributed by atoms with van der Waals surface area (Å²) in [5.41, 5.74) is -0.761. The number of rotatable bonds is 18. The number of benzene rings is 4. The summed E-state index contributed by atoms with van der Waals surface area (Å²) in [7, 11) is 0.394. The van der Waals surface area contributed by atoms with Crippen molar-refractivity contribution in [2.75, 3.05) is 23.3 Å². The molecule has 67 heavy (non-hydrogen) atoms. The van der Waals surface area contributed by atoms with E-state index in [4.69, 9.17) is 65.4 Å². The average Bonchev–Trinajstić information content (AvgIpc) is 3.27. The summed E-state index contributed by atoms with van der Waals surface area (Å²) in [5.74, 6) is -5.40. The Kier molecular flexibility index (Phi) is 18.1. The lowest BCUT2D eigenvalue weighted by Gasteiger charge is -2.29. The molecule has 0 amide bonds. The number of nitrogens with zero attached hydrogens (tertiary/aromatic N) is 4. The number of hydrogen-bond acceptors (Lipinski definition) is 10. The molecule has 0 aliphatic rings. The molecular weight excluding hydrogens is 1260 g/mol.